The molecule has 0 aliphatic carbocycles. The minimum atomic E-state index is -0.793. The Morgan fingerprint density at radius 2 is 1.25 bits per heavy atom. The lowest BCUT2D eigenvalue weighted by Crippen LogP contribution is -2.29. The van der Waals surface area contributed by atoms with Gasteiger partial charge in [0.1, 0.15) is 5.75 Å². The molecule has 0 aromatic heterocycles. The molecule has 2 aromatic rings. The molecule has 0 spiro atoms. The highest BCUT2D eigenvalue weighted by Gasteiger charge is 2.15. The number of rotatable bonds is 5. The molecular formula is C17H18N2O5. The second-order valence-corrected chi connectivity index (χ2v) is 4.71. The summed E-state index contributed by atoms with van der Waals surface area (Å²) in [6, 6.07) is 11.5. The lowest BCUT2D eigenvalue weighted by molar-refractivity contribution is -0.132. The van der Waals surface area contributed by atoms with Crippen LogP contribution in [0.3, 0.4) is 0 Å². The highest BCUT2D eigenvalue weighted by Crippen LogP contribution is 2.29. The van der Waals surface area contributed by atoms with Gasteiger partial charge in [-0.2, -0.15) is 0 Å². The fraction of sp³-hybridized carbons (Fsp3) is 0.176. The number of carbonyl (C=O) groups is 2. The van der Waals surface area contributed by atoms with E-state index in [-0.39, 0.29) is 0 Å². The monoisotopic (exact) mass is 330 g/mol. The quantitative estimate of drug-likeness (QED) is 0.822. The van der Waals surface area contributed by atoms with Gasteiger partial charge in [0, 0.05) is 17.4 Å². The number of hydrogen-bond donors (Lipinski definition) is 2. The molecule has 2 amide bonds. The Morgan fingerprint density at radius 3 is 1.79 bits per heavy atom. The molecule has 0 heterocycles. The van der Waals surface area contributed by atoms with Gasteiger partial charge in [-0.05, 0) is 36.4 Å². The van der Waals surface area contributed by atoms with Crippen LogP contribution in [0.25, 0.3) is 0 Å². The summed E-state index contributed by atoms with van der Waals surface area (Å²) in [5.41, 5.74) is 0.908. The lowest BCUT2D eigenvalue weighted by Gasteiger charge is -2.10. The van der Waals surface area contributed by atoms with Crippen LogP contribution in [0.2, 0.25) is 0 Å². The third kappa shape index (κ3) is 4.16. The van der Waals surface area contributed by atoms with Gasteiger partial charge in [-0.25, -0.2) is 0 Å². The minimum absolute atomic E-state index is 0.419. The van der Waals surface area contributed by atoms with Gasteiger partial charge in [0.2, 0.25) is 0 Å². The number of ether oxygens (including phenoxy) is 3. The number of benzene rings is 2. The van der Waals surface area contributed by atoms with Crippen LogP contribution in [0, 0.1) is 0 Å². The number of anilines is 2. The molecule has 0 fully saturated rings. The largest absolute Gasteiger partial charge is 0.497 e. The number of methoxy groups -OCH3 is 3. The average molecular weight is 330 g/mol. The van der Waals surface area contributed by atoms with Crippen LogP contribution < -0.4 is 24.8 Å². The first-order valence-electron chi connectivity index (χ1n) is 7.05. The fourth-order valence-electron chi connectivity index (χ4n) is 1.96. The first kappa shape index (κ1) is 17.1. The van der Waals surface area contributed by atoms with Gasteiger partial charge < -0.3 is 24.8 Å². The summed E-state index contributed by atoms with van der Waals surface area (Å²) in [5, 5.41) is 5.00. The normalized spacial score (nSPS) is 9.79. The van der Waals surface area contributed by atoms with Crippen molar-refractivity contribution in [2.75, 3.05) is 32.0 Å². The van der Waals surface area contributed by atoms with E-state index in [1.807, 2.05) is 0 Å². The van der Waals surface area contributed by atoms with Gasteiger partial charge in [0.25, 0.3) is 0 Å². The number of amides is 2. The molecule has 7 nitrogen and oxygen atoms in total. The Hall–Kier alpha value is -3.22. The molecule has 2 aromatic carbocycles. The van der Waals surface area contributed by atoms with Crippen molar-refractivity contribution in [3.63, 3.8) is 0 Å². The summed E-state index contributed by atoms with van der Waals surface area (Å²) in [6.07, 6.45) is 0. The first-order chi connectivity index (χ1) is 11.6. The van der Waals surface area contributed by atoms with Gasteiger partial charge in [-0.15, -0.1) is 0 Å². The van der Waals surface area contributed by atoms with Crippen LogP contribution in [0.4, 0.5) is 11.4 Å². The molecule has 0 aliphatic rings. The lowest BCUT2D eigenvalue weighted by atomic mass is 10.2. The molecule has 126 valence electrons. The highest BCUT2D eigenvalue weighted by molar-refractivity contribution is 6.43. The molecule has 24 heavy (non-hydrogen) atoms. The van der Waals surface area contributed by atoms with Gasteiger partial charge in [0.05, 0.1) is 21.3 Å². The summed E-state index contributed by atoms with van der Waals surface area (Å²) < 4.78 is 15.3. The van der Waals surface area contributed by atoms with E-state index in [9.17, 15) is 9.59 Å². The van der Waals surface area contributed by atoms with Crippen molar-refractivity contribution in [1.29, 1.82) is 0 Å². The molecular weight excluding hydrogens is 312 g/mol. The van der Waals surface area contributed by atoms with Gasteiger partial charge in [-0.3, -0.25) is 9.59 Å². The van der Waals surface area contributed by atoms with E-state index in [4.69, 9.17) is 14.2 Å². The molecule has 0 saturated heterocycles. The van der Waals surface area contributed by atoms with Crippen molar-refractivity contribution >= 4 is 23.2 Å². The number of carbonyl (C=O) groups excluding carboxylic acids is 2. The first-order valence-corrected chi connectivity index (χ1v) is 7.05. The summed E-state index contributed by atoms with van der Waals surface area (Å²) in [5.74, 6) is 0.0554. The molecule has 0 unspecified atom stereocenters. The molecule has 0 aliphatic heterocycles. The Labute approximate surface area is 139 Å². The van der Waals surface area contributed by atoms with Crippen LogP contribution in [-0.4, -0.2) is 33.1 Å². The summed E-state index contributed by atoms with van der Waals surface area (Å²) in [6.45, 7) is 0. The van der Waals surface area contributed by atoms with Crippen molar-refractivity contribution in [2.24, 2.45) is 0 Å². The van der Waals surface area contributed by atoms with Crippen molar-refractivity contribution < 1.29 is 23.8 Å². The maximum absolute atomic E-state index is 12.0. The molecule has 7 heteroatoms. The third-order valence-electron chi connectivity index (χ3n) is 3.20. The molecule has 2 N–H and O–H groups in total. The number of nitrogens with one attached hydrogen (secondary N) is 2. The smallest absolute Gasteiger partial charge is 0.314 e. The summed E-state index contributed by atoms with van der Waals surface area (Å²) in [4.78, 5) is 23.9. The highest BCUT2D eigenvalue weighted by atomic mass is 16.5. The summed E-state index contributed by atoms with van der Waals surface area (Å²) >= 11 is 0. The van der Waals surface area contributed by atoms with E-state index in [0.29, 0.717) is 28.6 Å². The Bertz CT molecular complexity index is 728. The van der Waals surface area contributed by atoms with Gasteiger partial charge in [-0.1, -0.05) is 0 Å². The van der Waals surface area contributed by atoms with Crippen LogP contribution in [-0.2, 0) is 9.59 Å². The zero-order valence-corrected chi connectivity index (χ0v) is 13.6. The Kier molecular flexibility index (Phi) is 5.62. The topological polar surface area (TPSA) is 85.9 Å². The van der Waals surface area contributed by atoms with Crippen LogP contribution in [0.15, 0.2) is 42.5 Å². The van der Waals surface area contributed by atoms with E-state index >= 15 is 0 Å². The maximum Gasteiger partial charge on any atom is 0.314 e. The number of hydrogen-bond acceptors (Lipinski definition) is 5. The maximum atomic E-state index is 12.0. The van der Waals surface area contributed by atoms with E-state index in [2.05, 4.69) is 10.6 Å². The van der Waals surface area contributed by atoms with Crippen LogP contribution in [0.5, 0.6) is 17.2 Å². The van der Waals surface area contributed by atoms with E-state index < -0.39 is 11.8 Å². The predicted octanol–water partition coefficient (Wildman–Crippen LogP) is 2.29. The van der Waals surface area contributed by atoms with E-state index in [1.165, 1.54) is 14.2 Å². The summed E-state index contributed by atoms with van der Waals surface area (Å²) in [7, 11) is 4.54. The van der Waals surface area contributed by atoms with Crippen molar-refractivity contribution in [3.05, 3.63) is 42.5 Å². The fourth-order valence-corrected chi connectivity index (χ4v) is 1.96. The zero-order chi connectivity index (χ0) is 17.5. The van der Waals surface area contributed by atoms with Crippen LogP contribution in [0.1, 0.15) is 0 Å². The van der Waals surface area contributed by atoms with E-state index in [0.717, 1.165) is 0 Å². The van der Waals surface area contributed by atoms with Crippen molar-refractivity contribution in [3.8, 4) is 17.2 Å². The molecule has 2 rings (SSSR count). The molecule has 0 radical (unpaired) electrons. The molecule has 0 saturated carbocycles. The average Bonchev–Trinajstić information content (AvgIpc) is 2.62. The predicted molar refractivity (Wildman–Crippen MR) is 89.8 cm³/mol. The third-order valence-corrected chi connectivity index (χ3v) is 3.20. The Balaban J connectivity index is 2.01. The zero-order valence-electron chi connectivity index (χ0n) is 13.6. The van der Waals surface area contributed by atoms with Gasteiger partial charge >= 0.3 is 11.8 Å². The van der Waals surface area contributed by atoms with E-state index in [1.54, 1.807) is 49.6 Å². The van der Waals surface area contributed by atoms with Crippen LogP contribution >= 0.6 is 0 Å². The standard InChI is InChI=1S/C17H18N2O5/c1-22-13-7-4-11(5-8-13)18-16(20)17(21)19-12-6-9-14(23-2)15(10-12)24-3/h4-10H,1-3H3,(H,18,20)(H,19,21). The molecule has 0 atom stereocenters. The second kappa shape index (κ2) is 7.87. The SMILES string of the molecule is COc1ccc(NC(=O)C(=O)Nc2ccc(OC)c(OC)c2)cc1. The molecule has 0 bridgehead atoms. The minimum Gasteiger partial charge on any atom is -0.497 e. The second-order valence-electron chi connectivity index (χ2n) is 4.71. The Morgan fingerprint density at radius 1 is 0.708 bits per heavy atom. The van der Waals surface area contributed by atoms with Crippen molar-refractivity contribution in [1.82, 2.24) is 0 Å². The van der Waals surface area contributed by atoms with Crippen molar-refractivity contribution in [2.45, 2.75) is 0 Å². The van der Waals surface area contributed by atoms with Gasteiger partial charge in [0.15, 0.2) is 11.5 Å².